The zero-order chi connectivity index (χ0) is 12.9. The molecule has 0 saturated carbocycles. The minimum Gasteiger partial charge on any atom is -0.437 e. The van der Waals surface area contributed by atoms with Crippen LogP contribution in [0.15, 0.2) is 9.64 Å². The van der Waals surface area contributed by atoms with E-state index in [4.69, 9.17) is 9.68 Å². The fraction of sp³-hybridized carbons (Fsp3) is 0.667. The molecule has 0 aliphatic rings. The molecule has 0 radical (unpaired) electrons. The number of nitrogens with zero attached hydrogens (tertiary/aromatic N) is 2. The van der Waals surface area contributed by atoms with Crippen molar-refractivity contribution in [1.29, 1.82) is 5.26 Å². The van der Waals surface area contributed by atoms with Crippen molar-refractivity contribution >= 4 is 11.8 Å². The molecule has 0 bridgehead atoms. The molecule has 0 aliphatic carbocycles. The van der Waals surface area contributed by atoms with Gasteiger partial charge in [0, 0.05) is 5.75 Å². The number of nitriles is 1. The Labute approximate surface area is 107 Å². The maximum Gasteiger partial charge on any atom is 0.256 e. The zero-order valence-electron chi connectivity index (χ0n) is 10.8. The molecular formula is C12H19N3OS. The Morgan fingerprint density at radius 1 is 1.53 bits per heavy atom. The van der Waals surface area contributed by atoms with Gasteiger partial charge in [0.25, 0.3) is 5.22 Å². The molecule has 1 heterocycles. The molecule has 17 heavy (non-hydrogen) atoms. The van der Waals surface area contributed by atoms with Gasteiger partial charge in [-0.1, -0.05) is 11.8 Å². The lowest BCUT2D eigenvalue weighted by atomic mass is 9.99. The number of aromatic nitrogens is 1. The van der Waals surface area contributed by atoms with Crippen LogP contribution in [-0.2, 0) is 0 Å². The molecule has 4 nitrogen and oxygen atoms in total. The van der Waals surface area contributed by atoms with Gasteiger partial charge in [-0.25, -0.2) is 4.98 Å². The molecule has 0 fully saturated rings. The van der Waals surface area contributed by atoms with Crippen molar-refractivity contribution in [2.45, 2.75) is 44.4 Å². The van der Waals surface area contributed by atoms with Gasteiger partial charge in [-0.3, -0.25) is 0 Å². The number of aryl methyl sites for hydroxylation is 2. The van der Waals surface area contributed by atoms with E-state index in [1.807, 2.05) is 27.8 Å². The second-order valence-corrected chi connectivity index (χ2v) is 5.31. The summed E-state index contributed by atoms with van der Waals surface area (Å²) in [6, 6.07) is 2.28. The van der Waals surface area contributed by atoms with Crippen LogP contribution in [0, 0.1) is 25.2 Å². The van der Waals surface area contributed by atoms with Crippen molar-refractivity contribution in [2.24, 2.45) is 0 Å². The standard InChI is InChI=1S/C12H19N3OS/c1-9-10(2)16-11(15-9)17-7-5-6-12(3,8-13)14-4/h14H,5-7H2,1-4H3. The predicted molar refractivity (Wildman–Crippen MR) is 69.0 cm³/mol. The summed E-state index contributed by atoms with van der Waals surface area (Å²) in [4.78, 5) is 4.30. The SMILES string of the molecule is CNC(C)(C#N)CCCSc1nc(C)c(C)o1. The van der Waals surface area contributed by atoms with Crippen molar-refractivity contribution < 1.29 is 4.42 Å². The van der Waals surface area contributed by atoms with E-state index < -0.39 is 5.54 Å². The molecule has 0 aromatic carbocycles. The quantitative estimate of drug-likeness (QED) is 0.624. The maximum absolute atomic E-state index is 8.99. The van der Waals surface area contributed by atoms with Gasteiger partial charge in [0.2, 0.25) is 0 Å². The molecule has 94 valence electrons. The summed E-state index contributed by atoms with van der Waals surface area (Å²) in [6.45, 7) is 5.77. The number of nitrogens with one attached hydrogen (secondary N) is 1. The Hall–Kier alpha value is -0.990. The Kier molecular flexibility index (Phi) is 5.03. The highest BCUT2D eigenvalue weighted by molar-refractivity contribution is 7.99. The average molecular weight is 253 g/mol. The summed E-state index contributed by atoms with van der Waals surface area (Å²) < 4.78 is 5.47. The third-order valence-electron chi connectivity index (χ3n) is 2.85. The van der Waals surface area contributed by atoms with Gasteiger partial charge in [0.1, 0.15) is 11.3 Å². The van der Waals surface area contributed by atoms with Gasteiger partial charge >= 0.3 is 0 Å². The smallest absolute Gasteiger partial charge is 0.256 e. The van der Waals surface area contributed by atoms with E-state index in [0.717, 1.165) is 35.3 Å². The van der Waals surface area contributed by atoms with Crippen molar-refractivity contribution in [3.63, 3.8) is 0 Å². The number of rotatable bonds is 6. The second kappa shape index (κ2) is 6.08. The molecule has 1 aromatic heterocycles. The molecular weight excluding hydrogens is 234 g/mol. The van der Waals surface area contributed by atoms with Crippen LogP contribution in [-0.4, -0.2) is 23.3 Å². The van der Waals surface area contributed by atoms with Crippen LogP contribution in [0.2, 0.25) is 0 Å². The third kappa shape index (κ3) is 4.06. The first kappa shape index (κ1) is 14.1. The summed E-state index contributed by atoms with van der Waals surface area (Å²) in [7, 11) is 1.82. The first-order chi connectivity index (χ1) is 8.00. The highest BCUT2D eigenvalue weighted by Crippen LogP contribution is 2.22. The van der Waals surface area contributed by atoms with E-state index >= 15 is 0 Å². The molecule has 1 unspecified atom stereocenters. The van der Waals surface area contributed by atoms with E-state index in [1.54, 1.807) is 11.8 Å². The number of thioether (sulfide) groups is 1. The van der Waals surface area contributed by atoms with Gasteiger partial charge in [-0.15, -0.1) is 0 Å². The monoisotopic (exact) mass is 253 g/mol. The van der Waals surface area contributed by atoms with Gasteiger partial charge in [-0.2, -0.15) is 5.26 Å². The normalized spacial score (nSPS) is 14.3. The van der Waals surface area contributed by atoms with Gasteiger partial charge in [0.15, 0.2) is 0 Å². The maximum atomic E-state index is 8.99. The highest BCUT2D eigenvalue weighted by atomic mass is 32.2. The third-order valence-corrected chi connectivity index (χ3v) is 3.77. The van der Waals surface area contributed by atoms with E-state index in [0.29, 0.717) is 0 Å². The first-order valence-electron chi connectivity index (χ1n) is 5.68. The second-order valence-electron chi connectivity index (χ2n) is 4.27. The lowest BCUT2D eigenvalue weighted by molar-refractivity contribution is 0.429. The van der Waals surface area contributed by atoms with Crippen molar-refractivity contribution in [3.05, 3.63) is 11.5 Å². The van der Waals surface area contributed by atoms with Crippen LogP contribution < -0.4 is 5.32 Å². The van der Waals surface area contributed by atoms with Crippen molar-refractivity contribution in [2.75, 3.05) is 12.8 Å². The summed E-state index contributed by atoms with van der Waals surface area (Å²) >= 11 is 1.60. The zero-order valence-corrected chi connectivity index (χ0v) is 11.6. The first-order valence-corrected chi connectivity index (χ1v) is 6.66. The molecule has 1 N–H and O–H groups in total. The minimum atomic E-state index is -0.428. The number of oxazole rings is 1. The Balaban J connectivity index is 2.32. The molecule has 5 heteroatoms. The lowest BCUT2D eigenvalue weighted by Gasteiger charge is -2.19. The van der Waals surface area contributed by atoms with E-state index in [9.17, 15) is 0 Å². The number of hydrogen-bond acceptors (Lipinski definition) is 5. The number of hydrogen-bond donors (Lipinski definition) is 1. The fourth-order valence-corrected chi connectivity index (χ4v) is 2.18. The molecule has 0 spiro atoms. The summed E-state index contributed by atoms with van der Waals surface area (Å²) in [5.41, 5.74) is 0.521. The van der Waals surface area contributed by atoms with Crippen LogP contribution in [0.25, 0.3) is 0 Å². The summed E-state index contributed by atoms with van der Waals surface area (Å²) in [5, 5.41) is 12.7. The van der Waals surface area contributed by atoms with E-state index in [-0.39, 0.29) is 0 Å². The van der Waals surface area contributed by atoms with Crippen LogP contribution in [0.4, 0.5) is 0 Å². The topological polar surface area (TPSA) is 61.9 Å². The Morgan fingerprint density at radius 3 is 2.71 bits per heavy atom. The van der Waals surface area contributed by atoms with Gasteiger partial charge < -0.3 is 9.73 Å². The van der Waals surface area contributed by atoms with Crippen LogP contribution in [0.5, 0.6) is 0 Å². The minimum absolute atomic E-state index is 0.428. The van der Waals surface area contributed by atoms with Gasteiger partial charge in [0.05, 0.1) is 11.8 Å². The highest BCUT2D eigenvalue weighted by Gasteiger charge is 2.20. The Morgan fingerprint density at radius 2 is 2.24 bits per heavy atom. The fourth-order valence-electron chi connectivity index (χ4n) is 1.33. The average Bonchev–Trinajstić information content (AvgIpc) is 2.64. The predicted octanol–water partition coefficient (Wildman–Crippen LogP) is 2.67. The summed E-state index contributed by atoms with van der Waals surface area (Å²) in [5.74, 6) is 1.79. The lowest BCUT2D eigenvalue weighted by Crippen LogP contribution is -2.37. The molecule has 0 amide bonds. The molecule has 1 rings (SSSR count). The summed E-state index contributed by atoms with van der Waals surface area (Å²) in [6.07, 6.45) is 1.78. The van der Waals surface area contributed by atoms with Crippen LogP contribution >= 0.6 is 11.8 Å². The van der Waals surface area contributed by atoms with Crippen molar-refractivity contribution in [3.8, 4) is 6.07 Å². The Bertz CT molecular complexity index is 391. The molecule has 1 aromatic rings. The van der Waals surface area contributed by atoms with Crippen molar-refractivity contribution in [1.82, 2.24) is 10.3 Å². The molecule has 1 atom stereocenters. The van der Waals surface area contributed by atoms with Crippen LogP contribution in [0.1, 0.15) is 31.2 Å². The molecule has 0 saturated heterocycles. The molecule has 0 aliphatic heterocycles. The van der Waals surface area contributed by atoms with Crippen LogP contribution in [0.3, 0.4) is 0 Å². The largest absolute Gasteiger partial charge is 0.437 e. The van der Waals surface area contributed by atoms with E-state index in [2.05, 4.69) is 16.4 Å². The van der Waals surface area contributed by atoms with E-state index in [1.165, 1.54) is 0 Å². The van der Waals surface area contributed by atoms with Gasteiger partial charge in [-0.05, 0) is 40.7 Å².